The van der Waals surface area contributed by atoms with Crippen LogP contribution in [0.1, 0.15) is 43.3 Å². The lowest BCUT2D eigenvalue weighted by molar-refractivity contribution is 0.146. The standard InChI is InChI=1S/C14H15F2N3S2/c1-14(2,3)8-4-6-9(7-5-8)17-13(20)11-10(12(15)16)18-19-21-11/h4-7,12H,1-3H3,(H,17,20). The first-order valence-electron chi connectivity index (χ1n) is 6.31. The van der Waals surface area contributed by atoms with Crippen LogP contribution in [0.15, 0.2) is 24.3 Å². The third-order valence-electron chi connectivity index (χ3n) is 2.94. The molecular weight excluding hydrogens is 312 g/mol. The summed E-state index contributed by atoms with van der Waals surface area (Å²) >= 11 is 6.02. The van der Waals surface area contributed by atoms with Crippen LogP contribution in [0, 0.1) is 0 Å². The highest BCUT2D eigenvalue weighted by atomic mass is 32.1. The SMILES string of the molecule is CC(C)(C)c1ccc(NC(=S)c2snnc2C(F)F)cc1. The second-order valence-electron chi connectivity index (χ2n) is 5.57. The summed E-state index contributed by atoms with van der Waals surface area (Å²) in [6.07, 6.45) is -2.68. The van der Waals surface area contributed by atoms with Gasteiger partial charge < -0.3 is 5.32 Å². The van der Waals surface area contributed by atoms with Crippen molar-refractivity contribution in [1.29, 1.82) is 0 Å². The molecule has 7 heteroatoms. The zero-order valence-electron chi connectivity index (χ0n) is 11.9. The molecule has 2 rings (SSSR count). The van der Waals surface area contributed by atoms with Gasteiger partial charge in [0.05, 0.1) is 0 Å². The molecule has 1 N–H and O–H groups in total. The summed E-state index contributed by atoms with van der Waals surface area (Å²) in [4.78, 5) is 0.420. The fourth-order valence-corrected chi connectivity index (χ4v) is 2.64. The molecule has 0 aliphatic heterocycles. The van der Waals surface area contributed by atoms with Gasteiger partial charge in [0.15, 0.2) is 5.69 Å². The Hall–Kier alpha value is -1.47. The first-order valence-corrected chi connectivity index (χ1v) is 7.49. The zero-order valence-corrected chi connectivity index (χ0v) is 13.5. The number of nitrogens with zero attached hydrogens (tertiary/aromatic N) is 2. The second kappa shape index (κ2) is 6.11. The summed E-state index contributed by atoms with van der Waals surface area (Å²) in [6, 6.07) is 7.74. The van der Waals surface area contributed by atoms with Crippen LogP contribution in [0.25, 0.3) is 0 Å². The fraction of sp³-hybridized carbons (Fsp3) is 0.357. The van der Waals surface area contributed by atoms with Crippen LogP contribution in [-0.4, -0.2) is 14.6 Å². The molecule has 2 aromatic rings. The molecule has 0 aliphatic rings. The molecule has 0 amide bonds. The van der Waals surface area contributed by atoms with Crippen molar-refractivity contribution < 1.29 is 8.78 Å². The van der Waals surface area contributed by atoms with Crippen LogP contribution in [-0.2, 0) is 5.41 Å². The van der Waals surface area contributed by atoms with Gasteiger partial charge in [0.2, 0.25) is 0 Å². The number of rotatable bonds is 3. The Morgan fingerprint density at radius 2 is 1.86 bits per heavy atom. The zero-order chi connectivity index (χ0) is 15.6. The van der Waals surface area contributed by atoms with E-state index in [0.29, 0.717) is 0 Å². The lowest BCUT2D eigenvalue weighted by Gasteiger charge is -2.19. The molecule has 0 spiro atoms. The second-order valence-corrected chi connectivity index (χ2v) is 6.73. The van der Waals surface area contributed by atoms with E-state index in [-0.39, 0.29) is 21.0 Å². The summed E-state index contributed by atoms with van der Waals surface area (Å²) < 4.78 is 29.1. The van der Waals surface area contributed by atoms with Crippen LogP contribution in [0.2, 0.25) is 0 Å². The molecule has 0 saturated carbocycles. The number of alkyl halides is 2. The van der Waals surface area contributed by atoms with Crippen molar-refractivity contribution >= 4 is 34.4 Å². The number of hydrogen-bond donors (Lipinski definition) is 1. The van der Waals surface area contributed by atoms with E-state index in [1.807, 2.05) is 24.3 Å². The predicted octanol–water partition coefficient (Wildman–Crippen LogP) is 4.56. The van der Waals surface area contributed by atoms with Gasteiger partial charge in [-0.05, 0) is 34.6 Å². The molecule has 112 valence electrons. The number of anilines is 1. The van der Waals surface area contributed by atoms with E-state index in [9.17, 15) is 8.78 Å². The highest BCUT2D eigenvalue weighted by molar-refractivity contribution is 7.81. The summed E-state index contributed by atoms with van der Waals surface area (Å²) in [5.41, 5.74) is 1.63. The van der Waals surface area contributed by atoms with Crippen molar-refractivity contribution in [2.24, 2.45) is 0 Å². The Bertz CT molecular complexity index is 630. The maximum Gasteiger partial charge on any atom is 0.283 e. The quantitative estimate of drug-likeness (QED) is 0.839. The van der Waals surface area contributed by atoms with Crippen LogP contribution < -0.4 is 5.32 Å². The van der Waals surface area contributed by atoms with E-state index in [4.69, 9.17) is 12.2 Å². The Morgan fingerprint density at radius 3 is 2.38 bits per heavy atom. The summed E-state index contributed by atoms with van der Waals surface area (Å²) in [5.74, 6) is 0. The minimum absolute atomic E-state index is 0.0590. The number of aromatic nitrogens is 2. The van der Waals surface area contributed by atoms with Crippen molar-refractivity contribution in [2.75, 3.05) is 5.32 Å². The third kappa shape index (κ3) is 3.79. The van der Waals surface area contributed by atoms with Crippen molar-refractivity contribution in [3.8, 4) is 0 Å². The molecule has 0 fully saturated rings. The van der Waals surface area contributed by atoms with Gasteiger partial charge in [0.25, 0.3) is 6.43 Å². The minimum Gasteiger partial charge on any atom is -0.345 e. The van der Waals surface area contributed by atoms with E-state index in [0.717, 1.165) is 17.2 Å². The molecule has 0 bridgehead atoms. The van der Waals surface area contributed by atoms with Crippen LogP contribution >= 0.6 is 23.8 Å². The van der Waals surface area contributed by atoms with Gasteiger partial charge in [-0.15, -0.1) is 5.10 Å². The Morgan fingerprint density at radius 1 is 1.24 bits per heavy atom. The van der Waals surface area contributed by atoms with E-state index >= 15 is 0 Å². The fourth-order valence-electron chi connectivity index (χ4n) is 1.74. The Labute approximate surface area is 131 Å². The van der Waals surface area contributed by atoms with Gasteiger partial charge in [-0.1, -0.05) is 49.6 Å². The summed E-state index contributed by atoms with van der Waals surface area (Å²) in [5, 5.41) is 6.36. The van der Waals surface area contributed by atoms with Gasteiger partial charge >= 0.3 is 0 Å². The van der Waals surface area contributed by atoms with Crippen molar-refractivity contribution in [3.05, 3.63) is 40.4 Å². The highest BCUT2D eigenvalue weighted by Crippen LogP contribution is 2.26. The van der Waals surface area contributed by atoms with Gasteiger partial charge in [-0.2, -0.15) is 0 Å². The average Bonchev–Trinajstić information content (AvgIpc) is 2.87. The van der Waals surface area contributed by atoms with Gasteiger partial charge in [-0.25, -0.2) is 8.78 Å². The monoisotopic (exact) mass is 327 g/mol. The van der Waals surface area contributed by atoms with Gasteiger partial charge in [0.1, 0.15) is 9.87 Å². The Balaban J connectivity index is 2.15. The summed E-state index contributed by atoms with van der Waals surface area (Å²) in [6.45, 7) is 6.37. The molecule has 1 aromatic heterocycles. The highest BCUT2D eigenvalue weighted by Gasteiger charge is 2.21. The largest absolute Gasteiger partial charge is 0.345 e. The smallest absolute Gasteiger partial charge is 0.283 e. The number of thiocarbonyl (C=S) groups is 1. The molecular formula is C14H15F2N3S2. The molecule has 0 atom stereocenters. The molecule has 21 heavy (non-hydrogen) atoms. The lowest BCUT2D eigenvalue weighted by atomic mass is 9.87. The molecule has 1 aromatic carbocycles. The van der Waals surface area contributed by atoms with Gasteiger partial charge in [0, 0.05) is 5.69 Å². The van der Waals surface area contributed by atoms with Crippen molar-refractivity contribution in [3.63, 3.8) is 0 Å². The molecule has 0 radical (unpaired) electrons. The number of nitrogens with one attached hydrogen (secondary N) is 1. The lowest BCUT2D eigenvalue weighted by Crippen LogP contribution is -2.13. The normalized spacial score (nSPS) is 11.7. The van der Waals surface area contributed by atoms with E-state index in [1.54, 1.807) is 0 Å². The van der Waals surface area contributed by atoms with Crippen LogP contribution in [0.5, 0.6) is 0 Å². The molecule has 0 saturated heterocycles. The first kappa shape index (κ1) is 15.9. The molecule has 0 aliphatic carbocycles. The minimum atomic E-state index is -2.68. The predicted molar refractivity (Wildman–Crippen MR) is 85.3 cm³/mol. The topological polar surface area (TPSA) is 37.8 Å². The van der Waals surface area contributed by atoms with Crippen molar-refractivity contribution in [2.45, 2.75) is 32.6 Å². The van der Waals surface area contributed by atoms with Gasteiger partial charge in [-0.3, -0.25) is 0 Å². The van der Waals surface area contributed by atoms with E-state index in [1.165, 1.54) is 5.56 Å². The number of halogens is 2. The molecule has 0 unspecified atom stereocenters. The van der Waals surface area contributed by atoms with Crippen LogP contribution in [0.3, 0.4) is 0 Å². The third-order valence-corrected chi connectivity index (χ3v) is 4.13. The maximum atomic E-state index is 12.8. The first-order chi connectivity index (χ1) is 9.79. The van der Waals surface area contributed by atoms with Crippen molar-refractivity contribution in [1.82, 2.24) is 9.59 Å². The maximum absolute atomic E-state index is 12.8. The van der Waals surface area contributed by atoms with E-state index < -0.39 is 6.43 Å². The average molecular weight is 327 g/mol. The van der Waals surface area contributed by atoms with Crippen LogP contribution in [0.4, 0.5) is 14.5 Å². The Kier molecular flexibility index (Phi) is 4.63. The summed E-state index contributed by atoms with van der Waals surface area (Å²) in [7, 11) is 0. The number of hydrogen-bond acceptors (Lipinski definition) is 4. The molecule has 3 nitrogen and oxygen atoms in total. The van der Waals surface area contributed by atoms with E-state index in [2.05, 4.69) is 35.7 Å². The number of benzene rings is 1. The molecule has 1 heterocycles.